The molecule has 48 heavy (non-hydrogen) atoms. The Kier molecular flexibility index (Phi) is 25.3. The number of aliphatic hydroxyl groups is 2. The maximum Gasteiger partial charge on any atom is 0.328 e. The van der Waals surface area contributed by atoms with E-state index in [9.17, 15) is 24.3 Å². The highest BCUT2D eigenvalue weighted by atomic mass is 35.5. The molecule has 0 fully saturated rings. The van der Waals surface area contributed by atoms with Crippen molar-refractivity contribution in [1.82, 2.24) is 19.8 Å². The molecule has 0 bridgehead atoms. The van der Waals surface area contributed by atoms with Crippen LogP contribution in [-0.4, -0.2) is 83.1 Å². The van der Waals surface area contributed by atoms with E-state index in [1.54, 1.807) is 33.0 Å². The molecule has 2 rings (SSSR count). The van der Waals surface area contributed by atoms with Gasteiger partial charge in [0, 0.05) is 44.8 Å². The van der Waals surface area contributed by atoms with Crippen molar-refractivity contribution in [2.75, 3.05) is 40.2 Å². The van der Waals surface area contributed by atoms with Crippen LogP contribution in [0.5, 0.6) is 0 Å². The molecule has 0 radical (unpaired) electrons. The number of rotatable bonds is 15. The third kappa shape index (κ3) is 17.5. The Morgan fingerprint density at radius 2 is 1.79 bits per heavy atom. The summed E-state index contributed by atoms with van der Waals surface area (Å²) in [6.07, 6.45) is 9.80. The molecular formula is C36H53ClN4O7. The first-order chi connectivity index (χ1) is 22.9. The summed E-state index contributed by atoms with van der Waals surface area (Å²) >= 11 is 4.64. The first kappa shape index (κ1) is 45.7. The smallest absolute Gasteiger partial charge is 0.328 e. The second kappa shape index (κ2) is 26.6. The molecule has 1 amide bonds. The predicted octanol–water partition coefficient (Wildman–Crippen LogP) is 4.30. The Morgan fingerprint density at radius 1 is 1.19 bits per heavy atom. The van der Waals surface area contributed by atoms with Gasteiger partial charge in [0.25, 0.3) is 11.5 Å². The van der Waals surface area contributed by atoms with E-state index in [0.717, 1.165) is 25.8 Å². The number of aliphatic hydroxyl groups excluding tert-OH is 2. The molecule has 0 saturated heterocycles. The lowest BCUT2D eigenvalue weighted by atomic mass is 10.0. The number of H-pyrrole nitrogens is 1. The zero-order chi connectivity index (χ0) is 37.2. The molecule has 11 nitrogen and oxygen atoms in total. The van der Waals surface area contributed by atoms with Gasteiger partial charge in [-0.25, -0.2) is 4.79 Å². The van der Waals surface area contributed by atoms with Crippen molar-refractivity contribution in [3.05, 3.63) is 128 Å². The lowest BCUT2D eigenvalue weighted by Gasteiger charge is -2.15. The van der Waals surface area contributed by atoms with Crippen molar-refractivity contribution in [3.8, 4) is 0 Å². The molecule has 0 aliphatic carbocycles. The Balaban J connectivity index is 0. The summed E-state index contributed by atoms with van der Waals surface area (Å²) in [6.45, 7) is 16.7. The highest BCUT2D eigenvalue weighted by molar-refractivity contribution is 6.15. The van der Waals surface area contributed by atoms with Crippen molar-refractivity contribution in [2.24, 2.45) is 7.05 Å². The lowest BCUT2D eigenvalue weighted by Crippen LogP contribution is -2.39. The predicted molar refractivity (Wildman–Crippen MR) is 195 cm³/mol. The minimum absolute atomic E-state index is 0.0996. The molecule has 1 heterocycles. The summed E-state index contributed by atoms with van der Waals surface area (Å²) in [4.78, 5) is 51.1. The lowest BCUT2D eigenvalue weighted by molar-refractivity contribution is -0.120. The minimum Gasteiger partial charge on any atom is -0.512 e. The van der Waals surface area contributed by atoms with Crippen LogP contribution in [0, 0.1) is 6.92 Å². The number of amides is 1. The number of carbonyl (C=O) groups is 2. The van der Waals surface area contributed by atoms with Gasteiger partial charge in [0.05, 0.1) is 11.6 Å². The van der Waals surface area contributed by atoms with Crippen LogP contribution in [-0.2, 0) is 34.2 Å². The number of likely N-dealkylation sites (N-methyl/N-ethyl adjacent to an activating group) is 1. The molecule has 0 saturated carbocycles. The number of hydrogen-bond donors (Lipinski definition) is 4. The number of halogens is 1. The average Bonchev–Trinajstić information content (AvgIpc) is 3.07. The van der Waals surface area contributed by atoms with E-state index in [-0.39, 0.29) is 16.9 Å². The van der Waals surface area contributed by atoms with Crippen LogP contribution in [0.4, 0.5) is 0 Å². The highest BCUT2D eigenvalue weighted by Gasteiger charge is 2.19. The number of aromatic amines is 1. The Bertz CT molecular complexity index is 1450. The van der Waals surface area contributed by atoms with E-state index < -0.39 is 17.6 Å². The van der Waals surface area contributed by atoms with Crippen LogP contribution in [0.3, 0.4) is 0 Å². The first-order valence-electron chi connectivity index (χ1n) is 15.1. The topological polar surface area (TPSA) is 154 Å². The number of nitrogens with one attached hydrogen (secondary N) is 2. The summed E-state index contributed by atoms with van der Waals surface area (Å²) in [5.74, 6) is -0.0157. The Hall–Kier alpha value is -4.45. The summed E-state index contributed by atoms with van der Waals surface area (Å²) in [5, 5.41) is 19.3. The number of hydrogen-bond acceptors (Lipinski definition) is 8. The number of ether oxygens (including phenoxy) is 1. The maximum absolute atomic E-state index is 12.3. The molecule has 1 unspecified atom stereocenters. The third-order valence-corrected chi connectivity index (χ3v) is 6.75. The number of benzene rings is 1. The number of nitrogens with zero attached hydrogens (tertiary/aromatic N) is 2. The van der Waals surface area contributed by atoms with E-state index in [2.05, 4.69) is 46.9 Å². The summed E-state index contributed by atoms with van der Waals surface area (Å²) in [5.41, 5.74) is 2.16. The molecule has 0 spiro atoms. The summed E-state index contributed by atoms with van der Waals surface area (Å²) < 4.78 is 6.95. The van der Waals surface area contributed by atoms with Gasteiger partial charge < -0.3 is 34.5 Å². The molecule has 1 aromatic carbocycles. The maximum atomic E-state index is 12.3. The van der Waals surface area contributed by atoms with Gasteiger partial charge >= 0.3 is 5.69 Å². The first-order valence-corrected chi connectivity index (χ1v) is 15.9. The number of carbonyl (C=O) groups excluding carboxylic acids is 2. The normalized spacial score (nSPS) is 11.8. The molecule has 12 heteroatoms. The third-order valence-electron chi connectivity index (χ3n) is 6.75. The molecule has 0 aliphatic rings. The molecule has 2 aromatic rings. The van der Waals surface area contributed by atoms with Crippen LogP contribution in [0.1, 0.15) is 37.6 Å². The Labute approximate surface area is 289 Å². The van der Waals surface area contributed by atoms with E-state index in [1.807, 2.05) is 43.5 Å². The number of alkyl halides is 1. The van der Waals surface area contributed by atoms with Gasteiger partial charge in [-0.05, 0) is 58.0 Å². The second-order valence-electron chi connectivity index (χ2n) is 10.2. The van der Waals surface area contributed by atoms with Crippen LogP contribution in [0.25, 0.3) is 0 Å². The van der Waals surface area contributed by atoms with Crippen molar-refractivity contribution in [1.29, 1.82) is 0 Å². The van der Waals surface area contributed by atoms with Gasteiger partial charge in [0.1, 0.15) is 24.4 Å². The summed E-state index contributed by atoms with van der Waals surface area (Å²) in [7, 11) is 4.67. The molecule has 266 valence electrons. The van der Waals surface area contributed by atoms with E-state index >= 15 is 0 Å². The Morgan fingerprint density at radius 3 is 2.31 bits per heavy atom. The molecule has 4 N–H and O–H groups in total. The number of aldehydes is 1. The van der Waals surface area contributed by atoms with Gasteiger partial charge in [0.2, 0.25) is 0 Å². The largest absolute Gasteiger partial charge is 0.512 e. The molecule has 1 aromatic heterocycles. The zero-order valence-electron chi connectivity index (χ0n) is 29.5. The van der Waals surface area contributed by atoms with E-state index in [1.165, 1.54) is 23.9 Å². The number of allylic oxidation sites excluding steroid dienone is 5. The van der Waals surface area contributed by atoms with Crippen LogP contribution < -0.4 is 16.6 Å². The minimum atomic E-state index is -0.652. The van der Waals surface area contributed by atoms with Gasteiger partial charge in [-0.1, -0.05) is 68.6 Å². The monoisotopic (exact) mass is 688 g/mol. The highest BCUT2D eigenvalue weighted by Crippen LogP contribution is 2.14. The quantitative estimate of drug-likeness (QED) is 0.0710. The van der Waals surface area contributed by atoms with E-state index in [0.29, 0.717) is 48.3 Å². The zero-order valence-corrected chi connectivity index (χ0v) is 30.3. The van der Waals surface area contributed by atoms with Crippen LogP contribution in [0.15, 0.2) is 100 Å². The van der Waals surface area contributed by atoms with Crippen molar-refractivity contribution in [2.45, 2.75) is 46.6 Å². The van der Waals surface area contributed by atoms with Crippen molar-refractivity contribution in [3.63, 3.8) is 0 Å². The molecule has 1 atom stereocenters. The standard InChI is InChI=1S/C18H21NO3.C16H25N3O3.CH3Cl.CH4O/c1-4-8-13(2)17(14(3)21)18(22)19-16(12-20)11-15-9-6-5-7-10-15;1-6-18(4)10-11-22-12(2)8-7-9-14-13(3)15(20)17-16(21)19(14)5;2*1-2/h4-10,12,16,21H,1,11H2,2-3H3,(H,19,22);7-8H,2,6,9-11H2,1,3-5H3,(H,17,20,21);1H3;2H,1H3/b13-8-,17-14-;8-7-;;. The van der Waals surface area contributed by atoms with Gasteiger partial charge in [-0.2, -0.15) is 0 Å². The fraction of sp³-hybridized carbons (Fsp3) is 0.389. The fourth-order valence-electron chi connectivity index (χ4n) is 4.04. The fourth-order valence-corrected chi connectivity index (χ4v) is 4.04. The summed E-state index contributed by atoms with van der Waals surface area (Å²) in [6, 6.07) is 8.76. The molecule has 0 aliphatic heterocycles. The van der Waals surface area contributed by atoms with E-state index in [4.69, 9.17) is 9.84 Å². The van der Waals surface area contributed by atoms with Crippen LogP contribution in [0.2, 0.25) is 0 Å². The number of aromatic nitrogens is 2. The SMILES string of the molecule is C=C(/C=C\Cc1c(C)c(=O)[nH]c(=O)n1C)OCCN(C)CC.C=C/C=C(C)\C(C(=O)NC(C=O)Cc1ccccc1)=C(/C)O.CCl.CO. The van der Waals surface area contributed by atoms with Gasteiger partial charge in [-0.15, -0.1) is 11.6 Å². The van der Waals surface area contributed by atoms with Crippen LogP contribution >= 0.6 is 11.6 Å². The van der Waals surface area contributed by atoms with Crippen molar-refractivity contribution < 1.29 is 24.5 Å². The average molecular weight is 689 g/mol. The van der Waals surface area contributed by atoms with Gasteiger partial charge in [-0.3, -0.25) is 14.6 Å². The second-order valence-corrected chi connectivity index (χ2v) is 10.2. The van der Waals surface area contributed by atoms with Gasteiger partial charge in [0.15, 0.2) is 0 Å². The van der Waals surface area contributed by atoms with Crippen molar-refractivity contribution >= 4 is 23.8 Å². The molecular weight excluding hydrogens is 636 g/mol.